The molecule has 88 valence electrons. The highest BCUT2D eigenvalue weighted by molar-refractivity contribution is 9.09. The van der Waals surface area contributed by atoms with Gasteiger partial charge >= 0.3 is 0 Å². The van der Waals surface area contributed by atoms with Gasteiger partial charge in [0.15, 0.2) is 0 Å². The van der Waals surface area contributed by atoms with Gasteiger partial charge in [0.05, 0.1) is 6.10 Å². The standard InChI is InChI=1S/C12H13BrCl2O/c1-7-9(4-5-16-7)12(13)10-6-8(14)2-3-11(10)15/h2-3,6-7,9,12H,4-5H2,1H3. The van der Waals surface area contributed by atoms with Gasteiger partial charge in [-0.3, -0.25) is 0 Å². The van der Waals surface area contributed by atoms with Gasteiger partial charge < -0.3 is 4.74 Å². The Kier molecular flexibility index (Phi) is 4.17. The van der Waals surface area contributed by atoms with E-state index in [-0.39, 0.29) is 10.9 Å². The Bertz CT molecular complexity index is 383. The van der Waals surface area contributed by atoms with Crippen LogP contribution in [0.2, 0.25) is 10.0 Å². The SMILES string of the molecule is CC1OCCC1C(Br)c1cc(Cl)ccc1Cl. The third-order valence-corrected chi connectivity index (χ3v) is 4.82. The van der Waals surface area contributed by atoms with Crippen LogP contribution in [0.15, 0.2) is 18.2 Å². The van der Waals surface area contributed by atoms with Crippen molar-refractivity contribution in [3.05, 3.63) is 33.8 Å². The molecule has 1 aromatic carbocycles. The second-order valence-electron chi connectivity index (χ2n) is 4.10. The summed E-state index contributed by atoms with van der Waals surface area (Å²) in [6.07, 6.45) is 1.32. The Balaban J connectivity index is 2.25. The first kappa shape index (κ1) is 12.7. The lowest BCUT2D eigenvalue weighted by Crippen LogP contribution is -2.16. The maximum atomic E-state index is 6.19. The predicted octanol–water partition coefficient (Wildman–Crippen LogP) is 4.85. The van der Waals surface area contributed by atoms with Crippen LogP contribution in [0.5, 0.6) is 0 Å². The average Bonchev–Trinajstić information content (AvgIpc) is 2.67. The van der Waals surface area contributed by atoms with Crippen molar-refractivity contribution < 1.29 is 4.74 Å². The molecule has 1 aromatic rings. The second-order valence-corrected chi connectivity index (χ2v) is 5.93. The van der Waals surface area contributed by atoms with Crippen LogP contribution in [0.4, 0.5) is 0 Å². The van der Waals surface area contributed by atoms with Crippen LogP contribution in [0.3, 0.4) is 0 Å². The lowest BCUT2D eigenvalue weighted by molar-refractivity contribution is 0.105. The van der Waals surface area contributed by atoms with Crippen LogP contribution in [0.25, 0.3) is 0 Å². The van der Waals surface area contributed by atoms with Crippen molar-refractivity contribution in [1.29, 1.82) is 0 Å². The highest BCUT2D eigenvalue weighted by Gasteiger charge is 2.32. The van der Waals surface area contributed by atoms with Crippen molar-refractivity contribution in [2.75, 3.05) is 6.61 Å². The minimum atomic E-state index is 0.205. The number of benzene rings is 1. The van der Waals surface area contributed by atoms with E-state index in [1.54, 1.807) is 0 Å². The molecule has 0 saturated carbocycles. The Hall–Kier alpha value is 0.240. The fourth-order valence-electron chi connectivity index (χ4n) is 2.09. The van der Waals surface area contributed by atoms with Crippen molar-refractivity contribution in [3.8, 4) is 0 Å². The molecule has 0 spiro atoms. The van der Waals surface area contributed by atoms with Crippen LogP contribution in [0, 0.1) is 5.92 Å². The van der Waals surface area contributed by atoms with Gasteiger partial charge in [-0.1, -0.05) is 39.1 Å². The zero-order valence-electron chi connectivity index (χ0n) is 8.92. The number of hydrogen-bond donors (Lipinski definition) is 0. The molecule has 1 nitrogen and oxygen atoms in total. The highest BCUT2D eigenvalue weighted by atomic mass is 79.9. The molecule has 4 heteroatoms. The molecule has 3 unspecified atom stereocenters. The van der Waals surface area contributed by atoms with Crippen LogP contribution in [0.1, 0.15) is 23.7 Å². The lowest BCUT2D eigenvalue weighted by Gasteiger charge is -2.21. The van der Waals surface area contributed by atoms with E-state index in [0.29, 0.717) is 5.92 Å². The first-order valence-corrected chi connectivity index (χ1v) is 6.97. The topological polar surface area (TPSA) is 9.23 Å². The lowest BCUT2D eigenvalue weighted by atomic mass is 9.94. The fraction of sp³-hybridized carbons (Fsp3) is 0.500. The molecule has 1 saturated heterocycles. The molecule has 3 atom stereocenters. The summed E-state index contributed by atoms with van der Waals surface area (Å²) >= 11 is 15.9. The van der Waals surface area contributed by atoms with Crippen LogP contribution < -0.4 is 0 Å². The molecule has 0 aliphatic carbocycles. The van der Waals surface area contributed by atoms with Crippen molar-refractivity contribution in [2.24, 2.45) is 5.92 Å². The fourth-order valence-corrected chi connectivity index (χ4v) is 3.71. The van der Waals surface area contributed by atoms with E-state index in [0.717, 1.165) is 28.6 Å². The summed E-state index contributed by atoms with van der Waals surface area (Å²) in [7, 11) is 0. The smallest absolute Gasteiger partial charge is 0.0589 e. The summed E-state index contributed by atoms with van der Waals surface area (Å²) in [4.78, 5) is 0.205. The molecule has 0 amide bonds. The van der Waals surface area contributed by atoms with Gasteiger partial charge in [-0.25, -0.2) is 0 Å². The van der Waals surface area contributed by atoms with Crippen molar-refractivity contribution in [3.63, 3.8) is 0 Å². The third kappa shape index (κ3) is 2.56. The van der Waals surface area contributed by atoms with Crippen molar-refractivity contribution >= 4 is 39.1 Å². The molecule has 0 radical (unpaired) electrons. The molecule has 0 bridgehead atoms. The van der Waals surface area contributed by atoms with E-state index >= 15 is 0 Å². The third-order valence-electron chi connectivity index (χ3n) is 3.07. The van der Waals surface area contributed by atoms with Gasteiger partial charge in [0.1, 0.15) is 0 Å². The molecule has 1 aliphatic rings. The number of rotatable bonds is 2. The molecule has 1 aliphatic heterocycles. The highest BCUT2D eigenvalue weighted by Crippen LogP contribution is 2.42. The van der Waals surface area contributed by atoms with Gasteiger partial charge in [0.2, 0.25) is 0 Å². The van der Waals surface area contributed by atoms with E-state index < -0.39 is 0 Å². The number of ether oxygens (including phenoxy) is 1. The van der Waals surface area contributed by atoms with Crippen LogP contribution in [-0.4, -0.2) is 12.7 Å². The molecule has 0 N–H and O–H groups in total. The van der Waals surface area contributed by atoms with E-state index in [2.05, 4.69) is 22.9 Å². The van der Waals surface area contributed by atoms with Gasteiger partial charge in [-0.2, -0.15) is 0 Å². The maximum Gasteiger partial charge on any atom is 0.0589 e. The zero-order chi connectivity index (χ0) is 11.7. The predicted molar refractivity (Wildman–Crippen MR) is 71.7 cm³/mol. The van der Waals surface area contributed by atoms with Gasteiger partial charge in [-0.15, -0.1) is 0 Å². The summed E-state index contributed by atoms with van der Waals surface area (Å²) in [6, 6.07) is 5.57. The Morgan fingerprint density at radius 1 is 1.44 bits per heavy atom. The Morgan fingerprint density at radius 3 is 2.81 bits per heavy atom. The summed E-state index contributed by atoms with van der Waals surface area (Å²) < 4.78 is 5.57. The molecule has 1 heterocycles. The monoisotopic (exact) mass is 322 g/mol. The van der Waals surface area contributed by atoms with Gasteiger partial charge in [-0.05, 0) is 37.1 Å². The zero-order valence-corrected chi connectivity index (χ0v) is 12.0. The van der Waals surface area contributed by atoms with Crippen LogP contribution >= 0.6 is 39.1 Å². The van der Waals surface area contributed by atoms with Crippen molar-refractivity contribution in [1.82, 2.24) is 0 Å². The summed E-state index contributed by atoms with van der Waals surface area (Å²) in [6.45, 7) is 2.93. The first-order chi connectivity index (χ1) is 7.59. The maximum absolute atomic E-state index is 6.19. The van der Waals surface area contributed by atoms with E-state index in [4.69, 9.17) is 27.9 Å². The Morgan fingerprint density at radius 2 is 2.19 bits per heavy atom. The minimum absolute atomic E-state index is 0.205. The number of hydrogen-bond acceptors (Lipinski definition) is 1. The molecule has 0 aromatic heterocycles. The quantitative estimate of drug-likeness (QED) is 0.707. The number of halogens is 3. The van der Waals surface area contributed by atoms with Crippen LogP contribution in [-0.2, 0) is 4.74 Å². The molecule has 2 rings (SSSR count). The van der Waals surface area contributed by atoms with Gasteiger partial charge in [0.25, 0.3) is 0 Å². The minimum Gasteiger partial charge on any atom is -0.378 e. The van der Waals surface area contributed by atoms with Crippen molar-refractivity contribution in [2.45, 2.75) is 24.3 Å². The normalized spacial score (nSPS) is 27.0. The Labute approximate surface area is 114 Å². The number of alkyl halides is 1. The second kappa shape index (κ2) is 5.26. The molecular weight excluding hydrogens is 311 g/mol. The van der Waals surface area contributed by atoms with E-state index in [1.165, 1.54) is 0 Å². The molecule has 16 heavy (non-hydrogen) atoms. The average molecular weight is 324 g/mol. The van der Waals surface area contributed by atoms with E-state index in [9.17, 15) is 0 Å². The molecule has 1 fully saturated rings. The summed E-state index contributed by atoms with van der Waals surface area (Å²) in [5, 5.41) is 1.47. The first-order valence-electron chi connectivity index (χ1n) is 5.30. The summed E-state index contributed by atoms with van der Waals surface area (Å²) in [5.41, 5.74) is 1.05. The molecular formula is C12H13BrCl2O. The largest absolute Gasteiger partial charge is 0.378 e. The summed E-state index contributed by atoms with van der Waals surface area (Å²) in [5.74, 6) is 0.455. The van der Waals surface area contributed by atoms with Gasteiger partial charge in [0, 0.05) is 27.4 Å². The van der Waals surface area contributed by atoms with E-state index in [1.807, 2.05) is 18.2 Å².